The molecule has 35 heavy (non-hydrogen) atoms. The van der Waals surface area contributed by atoms with Gasteiger partial charge in [0.05, 0.1) is 12.5 Å². The summed E-state index contributed by atoms with van der Waals surface area (Å²) in [6.45, 7) is 5.62. The van der Waals surface area contributed by atoms with Gasteiger partial charge in [-0.2, -0.15) is 0 Å². The van der Waals surface area contributed by atoms with Crippen LogP contribution in [-0.2, 0) is 23.9 Å². The number of hydrogen-bond acceptors (Lipinski definition) is 7. The third-order valence-corrected chi connectivity index (χ3v) is 9.03. The number of halogens is 1. The number of aliphatic carboxylic acids is 1. The molecule has 0 amide bonds. The standard InChI is InChI=1S/C26H31ClO7.Na/c1-13-8-16-15-10-18(27)17-9-14(28)6-7-25(17,2)24(15)19(29)11-26(16,3)23(13)20(30)12-34-22(33)5-4-21(31)32;/h6-7,9-10,13,15-16,19,23-24,29H,4-5,8,11-12H2,1-3H3,(H,31,32);/q;+1/p-1/t13?,15-,16-,19?,23+,24+,25-,26-;/m0./s1. The summed E-state index contributed by atoms with van der Waals surface area (Å²) in [4.78, 5) is 47.6. The number of carboxylic acids is 1. The van der Waals surface area contributed by atoms with E-state index in [2.05, 4.69) is 0 Å². The number of Topliss-reactive ketones (excluding diaryl/α,β-unsaturated/α-hetero) is 1. The predicted molar refractivity (Wildman–Crippen MR) is 121 cm³/mol. The van der Waals surface area contributed by atoms with Crippen LogP contribution in [0.4, 0.5) is 0 Å². The van der Waals surface area contributed by atoms with Crippen LogP contribution in [-0.4, -0.2) is 41.3 Å². The summed E-state index contributed by atoms with van der Waals surface area (Å²) in [6.07, 6.45) is 6.56. The van der Waals surface area contributed by atoms with Crippen LogP contribution in [0, 0.1) is 40.4 Å². The first-order valence-electron chi connectivity index (χ1n) is 11.8. The van der Waals surface area contributed by atoms with Crippen LogP contribution in [0.15, 0.2) is 34.9 Å². The van der Waals surface area contributed by atoms with E-state index in [1.54, 1.807) is 6.08 Å². The molecule has 0 aromatic carbocycles. The number of fused-ring (bicyclic) bond motifs is 5. The molecule has 7 nitrogen and oxygen atoms in total. The number of hydrogen-bond donors (Lipinski definition) is 1. The van der Waals surface area contributed by atoms with Gasteiger partial charge in [0.2, 0.25) is 0 Å². The number of ether oxygens (including phenoxy) is 1. The topological polar surface area (TPSA) is 121 Å². The van der Waals surface area contributed by atoms with Gasteiger partial charge in [0.25, 0.3) is 0 Å². The first-order chi connectivity index (χ1) is 15.9. The van der Waals surface area contributed by atoms with Gasteiger partial charge in [-0.3, -0.25) is 14.4 Å². The maximum atomic E-state index is 13.2. The minimum atomic E-state index is -1.35. The Bertz CT molecular complexity index is 1030. The Kier molecular flexibility index (Phi) is 8.30. The van der Waals surface area contributed by atoms with Crippen LogP contribution in [0.1, 0.15) is 46.5 Å². The second-order valence-electron chi connectivity index (χ2n) is 10.8. The number of carboxylic acid groups (broad SMARTS) is 1. The van der Waals surface area contributed by atoms with Gasteiger partial charge < -0.3 is 19.7 Å². The van der Waals surface area contributed by atoms with Gasteiger partial charge in [0.15, 0.2) is 11.6 Å². The van der Waals surface area contributed by atoms with Crippen molar-refractivity contribution < 1.29 is 63.7 Å². The minimum Gasteiger partial charge on any atom is -0.550 e. The third-order valence-electron chi connectivity index (χ3n) is 8.70. The number of esters is 1. The molecule has 4 aliphatic carbocycles. The molecule has 0 bridgehead atoms. The Morgan fingerprint density at radius 2 is 1.94 bits per heavy atom. The molecule has 0 radical (unpaired) electrons. The van der Waals surface area contributed by atoms with Crippen LogP contribution in [0.25, 0.3) is 0 Å². The van der Waals surface area contributed by atoms with Crippen molar-refractivity contribution in [3.8, 4) is 0 Å². The van der Waals surface area contributed by atoms with Crippen molar-refractivity contribution in [3.05, 3.63) is 34.9 Å². The zero-order valence-electron chi connectivity index (χ0n) is 20.6. The second kappa shape index (κ2) is 10.3. The number of ketones is 2. The first kappa shape index (κ1) is 28.3. The van der Waals surface area contributed by atoms with E-state index in [0.717, 1.165) is 12.0 Å². The normalized spacial score (nSPS) is 39.3. The molecule has 9 heteroatoms. The van der Waals surface area contributed by atoms with E-state index >= 15 is 0 Å². The Balaban J connectivity index is 0.00000342. The molecule has 0 aromatic rings. The summed E-state index contributed by atoms with van der Waals surface area (Å²) in [5.74, 6) is -3.01. The summed E-state index contributed by atoms with van der Waals surface area (Å²) < 4.78 is 5.06. The molecule has 4 aliphatic rings. The zero-order chi connectivity index (χ0) is 25.0. The van der Waals surface area contributed by atoms with E-state index in [9.17, 15) is 29.4 Å². The summed E-state index contributed by atoms with van der Waals surface area (Å²) in [5, 5.41) is 22.5. The van der Waals surface area contributed by atoms with E-state index in [1.165, 1.54) is 6.08 Å². The number of carbonyl (C=O) groups is 4. The first-order valence-corrected chi connectivity index (χ1v) is 12.2. The molecule has 4 rings (SSSR count). The van der Waals surface area contributed by atoms with Gasteiger partial charge in [0, 0.05) is 28.3 Å². The molecule has 0 aromatic heterocycles. The van der Waals surface area contributed by atoms with E-state index in [1.807, 2.05) is 32.9 Å². The Labute approximate surface area is 232 Å². The molecule has 2 unspecified atom stereocenters. The van der Waals surface area contributed by atoms with E-state index in [-0.39, 0.29) is 71.2 Å². The minimum absolute atomic E-state index is 0. The number of aliphatic hydroxyl groups is 1. The molecule has 8 atom stereocenters. The third kappa shape index (κ3) is 4.87. The Hall–Kier alpha value is -1.25. The molecule has 0 saturated heterocycles. The molecule has 1 N–H and O–H groups in total. The fourth-order valence-corrected chi connectivity index (χ4v) is 7.84. The van der Waals surface area contributed by atoms with Crippen LogP contribution >= 0.6 is 11.6 Å². The fraction of sp³-hybridized carbons (Fsp3) is 0.615. The summed E-state index contributed by atoms with van der Waals surface area (Å²) in [6, 6.07) is 0. The van der Waals surface area contributed by atoms with Crippen LogP contribution in [0.2, 0.25) is 0 Å². The number of aliphatic hydroxyl groups excluding tert-OH is 1. The van der Waals surface area contributed by atoms with E-state index in [4.69, 9.17) is 16.3 Å². The van der Waals surface area contributed by atoms with Gasteiger partial charge in [0.1, 0.15) is 6.61 Å². The van der Waals surface area contributed by atoms with Crippen LogP contribution < -0.4 is 34.7 Å². The maximum absolute atomic E-state index is 13.2. The zero-order valence-corrected chi connectivity index (χ0v) is 23.3. The van der Waals surface area contributed by atoms with E-state index < -0.39 is 47.8 Å². The second-order valence-corrected chi connectivity index (χ2v) is 11.2. The molecular formula is C26H30ClNaO7. The maximum Gasteiger partial charge on any atom is 1.00 e. The van der Waals surface area contributed by atoms with Crippen molar-refractivity contribution >= 4 is 35.1 Å². The summed E-state index contributed by atoms with van der Waals surface area (Å²) in [5.41, 5.74) is -0.369. The molecule has 0 spiro atoms. The molecule has 0 heterocycles. The average molecular weight is 513 g/mol. The van der Waals surface area contributed by atoms with Gasteiger partial charge in [-0.25, -0.2) is 0 Å². The SMILES string of the molecule is CC1C[C@H]2[C@@H]3C=C(Cl)C4=CC(=O)C=C[C@]4(C)[C@H]3C(O)C[C@]2(C)[C@H]1C(=O)COC(=O)CCC(=O)[O-].[Na+]. The summed E-state index contributed by atoms with van der Waals surface area (Å²) in [7, 11) is 0. The molecular weight excluding hydrogens is 483 g/mol. The van der Waals surface area contributed by atoms with Gasteiger partial charge in [-0.05, 0) is 60.2 Å². The monoisotopic (exact) mass is 512 g/mol. The van der Waals surface area contributed by atoms with Gasteiger partial charge in [-0.15, -0.1) is 0 Å². The van der Waals surface area contributed by atoms with Gasteiger partial charge >= 0.3 is 35.5 Å². The molecule has 184 valence electrons. The number of allylic oxidation sites excluding steroid dienone is 6. The molecule has 2 fully saturated rings. The average Bonchev–Trinajstić information content (AvgIpc) is 3.01. The fourth-order valence-electron chi connectivity index (χ4n) is 7.43. The van der Waals surface area contributed by atoms with E-state index in [0.29, 0.717) is 11.5 Å². The van der Waals surface area contributed by atoms with Crippen molar-refractivity contribution in [1.82, 2.24) is 0 Å². The van der Waals surface area contributed by atoms with Crippen molar-refractivity contribution in [2.75, 3.05) is 6.61 Å². The Morgan fingerprint density at radius 1 is 1.26 bits per heavy atom. The Morgan fingerprint density at radius 3 is 2.60 bits per heavy atom. The van der Waals surface area contributed by atoms with Crippen molar-refractivity contribution in [2.24, 2.45) is 40.4 Å². The molecule has 2 saturated carbocycles. The smallest absolute Gasteiger partial charge is 0.550 e. The number of rotatable bonds is 6. The van der Waals surface area contributed by atoms with Crippen LogP contribution in [0.5, 0.6) is 0 Å². The van der Waals surface area contributed by atoms with Gasteiger partial charge in [-0.1, -0.05) is 44.5 Å². The number of carbonyl (C=O) groups excluding carboxylic acids is 4. The van der Waals surface area contributed by atoms with Crippen LogP contribution in [0.3, 0.4) is 0 Å². The summed E-state index contributed by atoms with van der Waals surface area (Å²) >= 11 is 6.67. The molecule has 0 aliphatic heterocycles. The quantitative estimate of drug-likeness (QED) is 0.362. The van der Waals surface area contributed by atoms with Crippen molar-refractivity contribution in [2.45, 2.75) is 52.6 Å². The largest absolute Gasteiger partial charge is 1.00 e. The predicted octanol–water partition coefficient (Wildman–Crippen LogP) is -0.884. The van der Waals surface area contributed by atoms with Crippen molar-refractivity contribution in [1.29, 1.82) is 0 Å². The van der Waals surface area contributed by atoms with Crippen molar-refractivity contribution in [3.63, 3.8) is 0 Å².